The first kappa shape index (κ1) is 13.5. The molecule has 0 aliphatic rings. The molecule has 0 unspecified atom stereocenters. The van der Waals surface area contributed by atoms with Crippen LogP contribution in [-0.2, 0) is 6.54 Å². The molecule has 0 saturated heterocycles. The highest BCUT2D eigenvalue weighted by Crippen LogP contribution is 2.20. The Balaban J connectivity index is 1.95. The summed E-state index contributed by atoms with van der Waals surface area (Å²) in [4.78, 5) is 0. The van der Waals surface area contributed by atoms with Gasteiger partial charge in [-0.25, -0.2) is 0 Å². The van der Waals surface area contributed by atoms with Crippen molar-refractivity contribution in [2.24, 2.45) is 0 Å². The molecule has 0 saturated carbocycles. The van der Waals surface area contributed by atoms with E-state index in [0.29, 0.717) is 18.3 Å². The Kier molecular flexibility index (Phi) is 4.92. The SMILES string of the molecule is CCCCNCc1nnc(-c2ccc(OC)cc2)o1. The Labute approximate surface area is 113 Å². The third-order valence-electron chi connectivity index (χ3n) is 2.79. The lowest BCUT2D eigenvalue weighted by Crippen LogP contribution is -2.14. The monoisotopic (exact) mass is 261 g/mol. The van der Waals surface area contributed by atoms with Crippen LogP contribution in [-0.4, -0.2) is 23.9 Å². The normalized spacial score (nSPS) is 10.6. The van der Waals surface area contributed by atoms with Gasteiger partial charge in [-0.1, -0.05) is 13.3 Å². The van der Waals surface area contributed by atoms with Gasteiger partial charge in [-0.3, -0.25) is 0 Å². The molecule has 0 spiro atoms. The first-order valence-corrected chi connectivity index (χ1v) is 6.51. The fraction of sp³-hybridized carbons (Fsp3) is 0.429. The quantitative estimate of drug-likeness (QED) is 0.776. The fourth-order valence-electron chi connectivity index (χ4n) is 1.67. The molecule has 2 rings (SSSR count). The third-order valence-corrected chi connectivity index (χ3v) is 2.79. The zero-order valence-electron chi connectivity index (χ0n) is 11.3. The standard InChI is InChI=1S/C14H19N3O2/c1-3-4-9-15-10-13-16-17-14(19-13)11-5-7-12(18-2)8-6-11/h5-8,15H,3-4,9-10H2,1-2H3. The van der Waals surface area contributed by atoms with E-state index >= 15 is 0 Å². The number of rotatable bonds is 7. The van der Waals surface area contributed by atoms with Gasteiger partial charge in [0.2, 0.25) is 11.8 Å². The van der Waals surface area contributed by atoms with Crippen molar-refractivity contribution in [1.29, 1.82) is 0 Å². The van der Waals surface area contributed by atoms with E-state index in [2.05, 4.69) is 22.4 Å². The lowest BCUT2D eigenvalue weighted by Gasteiger charge is -2.00. The summed E-state index contributed by atoms with van der Waals surface area (Å²) in [6.45, 7) is 3.75. The van der Waals surface area contributed by atoms with E-state index < -0.39 is 0 Å². The van der Waals surface area contributed by atoms with Gasteiger partial charge in [0, 0.05) is 5.56 Å². The summed E-state index contributed by atoms with van der Waals surface area (Å²) < 4.78 is 10.7. The topological polar surface area (TPSA) is 60.2 Å². The van der Waals surface area contributed by atoms with Crippen LogP contribution in [0.2, 0.25) is 0 Å². The average Bonchev–Trinajstić information content (AvgIpc) is 2.92. The molecule has 2 aromatic rings. The highest BCUT2D eigenvalue weighted by Gasteiger charge is 2.08. The van der Waals surface area contributed by atoms with Crippen LogP contribution in [0.15, 0.2) is 28.7 Å². The molecule has 0 aliphatic carbocycles. The van der Waals surface area contributed by atoms with E-state index in [1.807, 2.05) is 24.3 Å². The van der Waals surface area contributed by atoms with Crippen LogP contribution in [0.25, 0.3) is 11.5 Å². The highest BCUT2D eigenvalue weighted by molar-refractivity contribution is 5.53. The second-order valence-corrected chi connectivity index (χ2v) is 4.26. The number of unbranched alkanes of at least 4 members (excludes halogenated alkanes) is 1. The number of methoxy groups -OCH3 is 1. The first-order valence-electron chi connectivity index (χ1n) is 6.51. The predicted octanol–water partition coefficient (Wildman–Crippen LogP) is 2.63. The van der Waals surface area contributed by atoms with Crippen LogP contribution in [0.4, 0.5) is 0 Å². The predicted molar refractivity (Wildman–Crippen MR) is 72.9 cm³/mol. The lowest BCUT2D eigenvalue weighted by atomic mass is 10.2. The molecule has 5 nitrogen and oxygen atoms in total. The van der Waals surface area contributed by atoms with E-state index in [-0.39, 0.29) is 0 Å². The minimum atomic E-state index is 0.537. The van der Waals surface area contributed by atoms with Crippen LogP contribution in [0.5, 0.6) is 5.75 Å². The Morgan fingerprint density at radius 2 is 2.00 bits per heavy atom. The van der Waals surface area contributed by atoms with Gasteiger partial charge < -0.3 is 14.5 Å². The summed E-state index contributed by atoms with van der Waals surface area (Å²) in [5.74, 6) is 1.96. The molecule has 1 N–H and O–H groups in total. The maximum Gasteiger partial charge on any atom is 0.247 e. The second-order valence-electron chi connectivity index (χ2n) is 4.26. The number of benzene rings is 1. The summed E-state index contributed by atoms with van der Waals surface area (Å²) in [6, 6.07) is 7.55. The van der Waals surface area contributed by atoms with Gasteiger partial charge in [-0.05, 0) is 37.2 Å². The maximum absolute atomic E-state index is 5.60. The highest BCUT2D eigenvalue weighted by atomic mass is 16.5. The fourth-order valence-corrected chi connectivity index (χ4v) is 1.67. The molecule has 102 valence electrons. The third kappa shape index (κ3) is 3.79. The number of hydrogen-bond donors (Lipinski definition) is 1. The summed E-state index contributed by atoms with van der Waals surface area (Å²) >= 11 is 0. The molecule has 1 aromatic carbocycles. The average molecular weight is 261 g/mol. The zero-order valence-corrected chi connectivity index (χ0v) is 11.3. The maximum atomic E-state index is 5.60. The molecular formula is C14H19N3O2. The number of nitrogens with zero attached hydrogens (tertiary/aromatic N) is 2. The van der Waals surface area contributed by atoms with E-state index in [0.717, 1.165) is 24.3 Å². The molecule has 19 heavy (non-hydrogen) atoms. The van der Waals surface area contributed by atoms with Crippen molar-refractivity contribution in [3.63, 3.8) is 0 Å². The molecule has 1 heterocycles. The Bertz CT molecular complexity index is 494. The van der Waals surface area contributed by atoms with Gasteiger partial charge in [0.05, 0.1) is 13.7 Å². The number of aromatic nitrogens is 2. The Hall–Kier alpha value is -1.88. The van der Waals surface area contributed by atoms with Gasteiger partial charge in [0.15, 0.2) is 0 Å². The molecule has 5 heteroatoms. The lowest BCUT2D eigenvalue weighted by molar-refractivity contribution is 0.415. The van der Waals surface area contributed by atoms with E-state index in [1.165, 1.54) is 6.42 Å². The minimum Gasteiger partial charge on any atom is -0.497 e. The van der Waals surface area contributed by atoms with Crippen LogP contribution >= 0.6 is 0 Å². The molecule has 0 aliphatic heterocycles. The molecule has 0 amide bonds. The molecule has 1 aromatic heterocycles. The van der Waals surface area contributed by atoms with Crippen molar-refractivity contribution in [1.82, 2.24) is 15.5 Å². The first-order chi connectivity index (χ1) is 9.33. The van der Waals surface area contributed by atoms with Crippen LogP contribution < -0.4 is 10.1 Å². The number of nitrogens with one attached hydrogen (secondary N) is 1. The molecule has 0 bridgehead atoms. The van der Waals surface area contributed by atoms with E-state index in [1.54, 1.807) is 7.11 Å². The van der Waals surface area contributed by atoms with Gasteiger partial charge in [0.25, 0.3) is 0 Å². The number of ether oxygens (including phenoxy) is 1. The van der Waals surface area contributed by atoms with Crippen LogP contribution in [0.1, 0.15) is 25.7 Å². The summed E-state index contributed by atoms with van der Waals surface area (Å²) in [5.41, 5.74) is 0.896. The van der Waals surface area contributed by atoms with Crippen molar-refractivity contribution < 1.29 is 9.15 Å². The molecular weight excluding hydrogens is 242 g/mol. The van der Waals surface area contributed by atoms with Gasteiger partial charge in [-0.15, -0.1) is 10.2 Å². The molecule has 0 fully saturated rings. The molecule has 0 atom stereocenters. The van der Waals surface area contributed by atoms with Crippen molar-refractivity contribution >= 4 is 0 Å². The Morgan fingerprint density at radius 3 is 2.68 bits per heavy atom. The zero-order chi connectivity index (χ0) is 13.5. The molecule has 0 radical (unpaired) electrons. The minimum absolute atomic E-state index is 0.537. The van der Waals surface area contributed by atoms with Crippen LogP contribution in [0, 0.1) is 0 Å². The summed E-state index contributed by atoms with van der Waals surface area (Å²) in [5, 5.41) is 11.3. The summed E-state index contributed by atoms with van der Waals surface area (Å²) in [6.07, 6.45) is 2.33. The van der Waals surface area contributed by atoms with Crippen LogP contribution in [0.3, 0.4) is 0 Å². The van der Waals surface area contributed by atoms with Crippen molar-refractivity contribution in [2.75, 3.05) is 13.7 Å². The smallest absolute Gasteiger partial charge is 0.247 e. The Morgan fingerprint density at radius 1 is 1.21 bits per heavy atom. The number of hydrogen-bond acceptors (Lipinski definition) is 5. The largest absolute Gasteiger partial charge is 0.497 e. The van der Waals surface area contributed by atoms with Crippen molar-refractivity contribution in [2.45, 2.75) is 26.3 Å². The van der Waals surface area contributed by atoms with Gasteiger partial charge in [-0.2, -0.15) is 0 Å². The van der Waals surface area contributed by atoms with Crippen molar-refractivity contribution in [3.05, 3.63) is 30.2 Å². The van der Waals surface area contributed by atoms with Crippen molar-refractivity contribution in [3.8, 4) is 17.2 Å². The van der Waals surface area contributed by atoms with E-state index in [4.69, 9.17) is 9.15 Å². The summed E-state index contributed by atoms with van der Waals surface area (Å²) in [7, 11) is 1.64. The van der Waals surface area contributed by atoms with E-state index in [9.17, 15) is 0 Å². The second kappa shape index (κ2) is 6.89. The van der Waals surface area contributed by atoms with Gasteiger partial charge in [0.1, 0.15) is 5.75 Å². The van der Waals surface area contributed by atoms with Gasteiger partial charge >= 0.3 is 0 Å².